The third kappa shape index (κ3) is 3.59. The largest absolute Gasteiger partial charge is 0.316 e. The summed E-state index contributed by atoms with van der Waals surface area (Å²) in [7, 11) is 0.0699. The van der Waals surface area contributed by atoms with Gasteiger partial charge in [0.2, 0.25) is 10.0 Å². The molecule has 5 heteroatoms. The summed E-state index contributed by atoms with van der Waals surface area (Å²) in [6.45, 7) is 8.64. The molecule has 0 aliphatic rings. The molecule has 1 rings (SSSR count). The van der Waals surface area contributed by atoms with Crippen LogP contribution in [0.4, 0.5) is 0 Å². The molecule has 1 aromatic rings. The number of nitrogens with zero attached hydrogens (tertiary/aromatic N) is 1. The molecular weight excluding hydrogens is 272 g/mol. The van der Waals surface area contributed by atoms with E-state index in [-0.39, 0.29) is 12.0 Å². The van der Waals surface area contributed by atoms with Crippen molar-refractivity contribution in [2.45, 2.75) is 45.2 Å². The van der Waals surface area contributed by atoms with Crippen LogP contribution in [0, 0.1) is 12.8 Å². The second kappa shape index (κ2) is 6.70. The molecule has 0 saturated heterocycles. The van der Waals surface area contributed by atoms with Crippen LogP contribution < -0.4 is 5.32 Å². The fourth-order valence-electron chi connectivity index (χ4n) is 1.99. The quantitative estimate of drug-likeness (QED) is 0.877. The third-order valence-electron chi connectivity index (χ3n) is 3.90. The molecule has 0 aliphatic carbocycles. The second-order valence-corrected chi connectivity index (χ2v) is 7.62. The first-order chi connectivity index (χ1) is 9.21. The molecule has 0 heterocycles. The minimum Gasteiger partial charge on any atom is -0.316 e. The van der Waals surface area contributed by atoms with Gasteiger partial charge in [-0.3, -0.25) is 0 Å². The van der Waals surface area contributed by atoms with Crippen LogP contribution in [0.5, 0.6) is 0 Å². The van der Waals surface area contributed by atoms with Gasteiger partial charge in [0.15, 0.2) is 0 Å². The zero-order valence-electron chi connectivity index (χ0n) is 13.3. The Bertz CT molecular complexity index is 553. The van der Waals surface area contributed by atoms with E-state index in [0.717, 1.165) is 11.1 Å². The van der Waals surface area contributed by atoms with Crippen molar-refractivity contribution in [2.24, 2.45) is 5.92 Å². The van der Waals surface area contributed by atoms with Gasteiger partial charge < -0.3 is 5.32 Å². The van der Waals surface area contributed by atoms with Gasteiger partial charge in [-0.05, 0) is 50.1 Å². The van der Waals surface area contributed by atoms with E-state index >= 15 is 0 Å². The number of benzene rings is 1. The van der Waals surface area contributed by atoms with Gasteiger partial charge in [-0.1, -0.05) is 19.9 Å². The summed E-state index contributed by atoms with van der Waals surface area (Å²) in [6.07, 6.45) is 0. The molecule has 1 unspecified atom stereocenters. The molecule has 0 spiro atoms. The molecule has 0 radical (unpaired) electrons. The SMILES string of the molecule is CNCc1cc(S(=O)(=O)N(C)C(C)C(C)C)ccc1C. The lowest BCUT2D eigenvalue weighted by Gasteiger charge is -2.27. The van der Waals surface area contributed by atoms with Crippen LogP contribution in [0.15, 0.2) is 23.1 Å². The fourth-order valence-corrected chi connectivity index (χ4v) is 3.54. The number of sulfonamides is 1. The molecule has 0 fully saturated rings. The Hall–Kier alpha value is -0.910. The van der Waals surface area contributed by atoms with E-state index in [1.165, 1.54) is 4.31 Å². The first kappa shape index (κ1) is 17.1. The minimum atomic E-state index is -3.44. The molecule has 1 atom stereocenters. The number of hydrogen-bond acceptors (Lipinski definition) is 3. The predicted octanol–water partition coefficient (Wildman–Crippen LogP) is 2.38. The van der Waals surface area contributed by atoms with Crippen molar-refractivity contribution >= 4 is 10.0 Å². The van der Waals surface area contributed by atoms with Gasteiger partial charge in [-0.15, -0.1) is 0 Å². The normalized spacial score (nSPS) is 14.0. The van der Waals surface area contributed by atoms with Crippen LogP contribution >= 0.6 is 0 Å². The average molecular weight is 298 g/mol. The van der Waals surface area contributed by atoms with Crippen LogP contribution in [0.25, 0.3) is 0 Å². The maximum absolute atomic E-state index is 12.7. The van der Waals surface area contributed by atoms with Gasteiger partial charge in [0.25, 0.3) is 0 Å². The van der Waals surface area contributed by atoms with Crippen molar-refractivity contribution in [3.63, 3.8) is 0 Å². The Labute approximate surface area is 123 Å². The van der Waals surface area contributed by atoms with Crippen molar-refractivity contribution in [1.82, 2.24) is 9.62 Å². The molecule has 4 nitrogen and oxygen atoms in total. The number of rotatable bonds is 6. The van der Waals surface area contributed by atoms with Crippen molar-refractivity contribution in [2.75, 3.05) is 14.1 Å². The van der Waals surface area contributed by atoms with E-state index in [0.29, 0.717) is 11.4 Å². The van der Waals surface area contributed by atoms with Gasteiger partial charge in [0.05, 0.1) is 4.90 Å². The summed E-state index contributed by atoms with van der Waals surface area (Å²) in [5, 5.41) is 3.07. The van der Waals surface area contributed by atoms with E-state index < -0.39 is 10.0 Å². The van der Waals surface area contributed by atoms with E-state index in [1.54, 1.807) is 19.2 Å². The highest BCUT2D eigenvalue weighted by Crippen LogP contribution is 2.22. The molecule has 0 bridgehead atoms. The third-order valence-corrected chi connectivity index (χ3v) is 5.84. The smallest absolute Gasteiger partial charge is 0.243 e. The minimum absolute atomic E-state index is 0.0333. The van der Waals surface area contributed by atoms with Crippen LogP contribution in [0.2, 0.25) is 0 Å². The number of nitrogens with one attached hydrogen (secondary N) is 1. The molecule has 20 heavy (non-hydrogen) atoms. The standard InChI is InChI=1S/C15H26N2O2S/c1-11(2)13(4)17(6)20(18,19)15-8-7-12(3)14(9-15)10-16-5/h7-9,11,13,16H,10H2,1-6H3. The highest BCUT2D eigenvalue weighted by molar-refractivity contribution is 7.89. The lowest BCUT2D eigenvalue weighted by molar-refractivity contribution is 0.316. The van der Waals surface area contributed by atoms with Gasteiger partial charge in [-0.25, -0.2) is 8.42 Å². The Morgan fingerprint density at radius 2 is 1.85 bits per heavy atom. The van der Waals surface area contributed by atoms with Gasteiger partial charge in [0.1, 0.15) is 0 Å². The summed E-state index contributed by atoms with van der Waals surface area (Å²) in [6, 6.07) is 5.29. The first-order valence-electron chi connectivity index (χ1n) is 6.94. The van der Waals surface area contributed by atoms with Gasteiger partial charge in [0, 0.05) is 19.6 Å². The van der Waals surface area contributed by atoms with Crippen LogP contribution in [-0.2, 0) is 16.6 Å². The van der Waals surface area contributed by atoms with Crippen LogP contribution in [0.3, 0.4) is 0 Å². The molecule has 114 valence electrons. The molecule has 0 amide bonds. The molecule has 0 saturated carbocycles. The predicted molar refractivity (Wildman–Crippen MR) is 83.2 cm³/mol. The van der Waals surface area contributed by atoms with E-state index in [9.17, 15) is 8.42 Å². The van der Waals surface area contributed by atoms with E-state index in [4.69, 9.17) is 0 Å². The highest BCUT2D eigenvalue weighted by Gasteiger charge is 2.27. The zero-order chi connectivity index (χ0) is 15.5. The summed E-state index contributed by atoms with van der Waals surface area (Å²) in [5.74, 6) is 0.275. The molecule has 1 aromatic carbocycles. The Kier molecular flexibility index (Phi) is 5.74. The maximum atomic E-state index is 12.7. The lowest BCUT2D eigenvalue weighted by Crippen LogP contribution is -2.38. The average Bonchev–Trinajstić information content (AvgIpc) is 2.39. The zero-order valence-corrected chi connectivity index (χ0v) is 14.1. The highest BCUT2D eigenvalue weighted by atomic mass is 32.2. The molecular formula is C15H26N2O2S. The first-order valence-corrected chi connectivity index (χ1v) is 8.38. The number of hydrogen-bond donors (Lipinski definition) is 1. The summed E-state index contributed by atoms with van der Waals surface area (Å²) in [4.78, 5) is 0.364. The van der Waals surface area contributed by atoms with Gasteiger partial charge in [-0.2, -0.15) is 4.31 Å². The van der Waals surface area contributed by atoms with Gasteiger partial charge >= 0.3 is 0 Å². The maximum Gasteiger partial charge on any atom is 0.243 e. The Morgan fingerprint density at radius 3 is 2.35 bits per heavy atom. The summed E-state index contributed by atoms with van der Waals surface area (Å²) < 4.78 is 26.8. The Morgan fingerprint density at radius 1 is 1.25 bits per heavy atom. The number of aryl methyl sites for hydroxylation is 1. The second-order valence-electron chi connectivity index (χ2n) is 5.62. The fraction of sp³-hybridized carbons (Fsp3) is 0.600. The van der Waals surface area contributed by atoms with Crippen molar-refractivity contribution in [3.05, 3.63) is 29.3 Å². The van der Waals surface area contributed by atoms with E-state index in [1.807, 2.05) is 40.8 Å². The molecule has 0 aromatic heterocycles. The monoisotopic (exact) mass is 298 g/mol. The van der Waals surface area contributed by atoms with Crippen LogP contribution in [-0.4, -0.2) is 32.9 Å². The lowest BCUT2D eigenvalue weighted by atomic mass is 10.1. The van der Waals surface area contributed by atoms with E-state index in [2.05, 4.69) is 5.32 Å². The Balaban J connectivity index is 3.19. The topological polar surface area (TPSA) is 49.4 Å². The van der Waals surface area contributed by atoms with Crippen molar-refractivity contribution in [1.29, 1.82) is 0 Å². The molecule has 0 aliphatic heterocycles. The molecule has 1 N–H and O–H groups in total. The van der Waals surface area contributed by atoms with Crippen molar-refractivity contribution < 1.29 is 8.42 Å². The summed E-state index contributed by atoms with van der Waals surface area (Å²) >= 11 is 0. The van der Waals surface area contributed by atoms with Crippen LogP contribution in [0.1, 0.15) is 31.9 Å². The summed E-state index contributed by atoms with van der Waals surface area (Å²) in [5.41, 5.74) is 2.11. The van der Waals surface area contributed by atoms with Crippen molar-refractivity contribution in [3.8, 4) is 0 Å².